The van der Waals surface area contributed by atoms with Crippen LogP contribution in [0.3, 0.4) is 0 Å². The highest BCUT2D eigenvalue weighted by Crippen LogP contribution is 2.10. The lowest BCUT2D eigenvalue weighted by atomic mass is 10.1. The number of nitrogens with one attached hydrogen (secondary N) is 2. The van der Waals surface area contributed by atoms with E-state index in [1.165, 1.54) is 58.4 Å². The molecule has 19 heavy (non-hydrogen) atoms. The Hall–Kier alpha value is -1.06. The first kappa shape index (κ1) is 17.9. The SMILES string of the molecule is CCCCCCCCCCCCNC(=O)C(=O)NC. The van der Waals surface area contributed by atoms with Gasteiger partial charge in [0.1, 0.15) is 0 Å². The zero-order valence-electron chi connectivity index (χ0n) is 12.6. The van der Waals surface area contributed by atoms with Gasteiger partial charge in [0.15, 0.2) is 0 Å². The molecule has 0 saturated heterocycles. The number of likely N-dealkylation sites (N-methyl/N-ethyl adjacent to an activating group) is 1. The van der Waals surface area contributed by atoms with Gasteiger partial charge < -0.3 is 10.6 Å². The molecule has 0 radical (unpaired) electrons. The summed E-state index contributed by atoms with van der Waals surface area (Å²) >= 11 is 0. The van der Waals surface area contributed by atoms with Crippen LogP contribution in [0.4, 0.5) is 0 Å². The summed E-state index contributed by atoms with van der Waals surface area (Å²) in [6, 6.07) is 0. The van der Waals surface area contributed by atoms with E-state index in [1.807, 2.05) is 0 Å². The third kappa shape index (κ3) is 11.7. The molecule has 0 unspecified atom stereocenters. The third-order valence-electron chi connectivity index (χ3n) is 3.25. The van der Waals surface area contributed by atoms with E-state index in [2.05, 4.69) is 17.6 Å². The lowest BCUT2D eigenvalue weighted by Gasteiger charge is -2.04. The topological polar surface area (TPSA) is 58.2 Å². The van der Waals surface area contributed by atoms with Gasteiger partial charge in [0.05, 0.1) is 0 Å². The van der Waals surface area contributed by atoms with Gasteiger partial charge in [-0.1, -0.05) is 64.7 Å². The quantitative estimate of drug-likeness (QED) is 0.448. The van der Waals surface area contributed by atoms with E-state index in [-0.39, 0.29) is 0 Å². The summed E-state index contributed by atoms with van der Waals surface area (Å²) < 4.78 is 0. The van der Waals surface area contributed by atoms with E-state index in [9.17, 15) is 9.59 Å². The second-order valence-electron chi connectivity index (χ2n) is 5.02. The summed E-state index contributed by atoms with van der Waals surface area (Å²) in [4.78, 5) is 22.0. The van der Waals surface area contributed by atoms with E-state index in [4.69, 9.17) is 0 Å². The van der Waals surface area contributed by atoms with Crippen molar-refractivity contribution in [3.05, 3.63) is 0 Å². The molecule has 0 aromatic heterocycles. The van der Waals surface area contributed by atoms with Crippen LogP contribution in [0.2, 0.25) is 0 Å². The number of carbonyl (C=O) groups excluding carboxylic acids is 2. The predicted molar refractivity (Wildman–Crippen MR) is 78.9 cm³/mol. The first-order valence-electron chi connectivity index (χ1n) is 7.72. The molecular formula is C15H30N2O2. The maximum absolute atomic E-state index is 11.1. The summed E-state index contributed by atoms with van der Waals surface area (Å²) in [7, 11) is 1.46. The monoisotopic (exact) mass is 270 g/mol. The molecular weight excluding hydrogens is 240 g/mol. The molecule has 0 aromatic rings. The van der Waals surface area contributed by atoms with Crippen LogP contribution in [0.15, 0.2) is 0 Å². The molecule has 0 aromatic carbocycles. The van der Waals surface area contributed by atoms with Crippen molar-refractivity contribution in [2.45, 2.75) is 71.1 Å². The molecule has 0 saturated carbocycles. The van der Waals surface area contributed by atoms with Crippen molar-refractivity contribution < 1.29 is 9.59 Å². The minimum atomic E-state index is -0.563. The highest BCUT2D eigenvalue weighted by atomic mass is 16.2. The molecule has 0 bridgehead atoms. The lowest BCUT2D eigenvalue weighted by molar-refractivity contribution is -0.138. The number of hydrogen-bond acceptors (Lipinski definition) is 2. The Kier molecular flexibility index (Phi) is 12.6. The van der Waals surface area contributed by atoms with E-state index in [0.717, 1.165) is 12.8 Å². The van der Waals surface area contributed by atoms with Gasteiger partial charge in [-0.3, -0.25) is 9.59 Å². The molecule has 0 atom stereocenters. The second-order valence-corrected chi connectivity index (χ2v) is 5.02. The van der Waals surface area contributed by atoms with E-state index in [1.54, 1.807) is 0 Å². The fraction of sp³-hybridized carbons (Fsp3) is 0.867. The Balaban J connectivity index is 3.15. The van der Waals surface area contributed by atoms with Gasteiger partial charge in [-0.15, -0.1) is 0 Å². The van der Waals surface area contributed by atoms with Gasteiger partial charge in [-0.25, -0.2) is 0 Å². The van der Waals surface area contributed by atoms with Gasteiger partial charge in [0, 0.05) is 13.6 Å². The maximum Gasteiger partial charge on any atom is 0.309 e. The molecule has 0 spiro atoms. The molecule has 2 amide bonds. The van der Waals surface area contributed by atoms with Crippen molar-refractivity contribution in [1.82, 2.24) is 10.6 Å². The van der Waals surface area contributed by atoms with Crippen molar-refractivity contribution in [3.8, 4) is 0 Å². The van der Waals surface area contributed by atoms with Gasteiger partial charge in [-0.05, 0) is 6.42 Å². The van der Waals surface area contributed by atoms with Crippen LogP contribution in [0.1, 0.15) is 71.1 Å². The fourth-order valence-corrected chi connectivity index (χ4v) is 2.01. The first-order chi connectivity index (χ1) is 9.22. The summed E-state index contributed by atoms with van der Waals surface area (Å²) in [5.41, 5.74) is 0. The average Bonchev–Trinajstić information content (AvgIpc) is 2.43. The van der Waals surface area contributed by atoms with Crippen molar-refractivity contribution in [2.24, 2.45) is 0 Å². The third-order valence-corrected chi connectivity index (χ3v) is 3.25. The predicted octanol–water partition coefficient (Wildman–Crippen LogP) is 2.77. The zero-order chi connectivity index (χ0) is 14.3. The minimum Gasteiger partial charge on any atom is -0.351 e. The summed E-state index contributed by atoms with van der Waals surface area (Å²) in [6.45, 7) is 2.84. The highest BCUT2D eigenvalue weighted by Gasteiger charge is 2.08. The van der Waals surface area contributed by atoms with Crippen LogP contribution in [-0.2, 0) is 9.59 Å². The van der Waals surface area contributed by atoms with Crippen LogP contribution in [0.5, 0.6) is 0 Å². The zero-order valence-corrected chi connectivity index (χ0v) is 12.6. The smallest absolute Gasteiger partial charge is 0.309 e. The molecule has 0 heterocycles. The Labute approximate surface area is 117 Å². The van der Waals surface area contributed by atoms with Crippen molar-refractivity contribution in [2.75, 3.05) is 13.6 Å². The molecule has 0 rings (SSSR count). The Bertz CT molecular complexity index is 242. The van der Waals surface area contributed by atoms with Crippen LogP contribution in [0.25, 0.3) is 0 Å². The fourth-order valence-electron chi connectivity index (χ4n) is 2.01. The van der Waals surface area contributed by atoms with Gasteiger partial charge >= 0.3 is 11.8 Å². The van der Waals surface area contributed by atoms with Crippen LogP contribution in [0, 0.1) is 0 Å². The number of amides is 2. The van der Waals surface area contributed by atoms with Crippen molar-refractivity contribution in [1.29, 1.82) is 0 Å². The van der Waals surface area contributed by atoms with Gasteiger partial charge in [-0.2, -0.15) is 0 Å². The van der Waals surface area contributed by atoms with Crippen LogP contribution >= 0.6 is 0 Å². The average molecular weight is 270 g/mol. The normalized spacial score (nSPS) is 10.2. The number of unbranched alkanes of at least 4 members (excludes halogenated alkanes) is 9. The van der Waals surface area contributed by atoms with Gasteiger partial charge in [0.25, 0.3) is 0 Å². The Morgan fingerprint density at radius 1 is 0.737 bits per heavy atom. The summed E-state index contributed by atoms with van der Waals surface area (Å²) in [5.74, 6) is -1.09. The number of rotatable bonds is 11. The van der Waals surface area contributed by atoms with Crippen molar-refractivity contribution >= 4 is 11.8 Å². The molecule has 112 valence electrons. The minimum absolute atomic E-state index is 0.529. The molecule has 4 heteroatoms. The number of carbonyl (C=O) groups is 2. The van der Waals surface area contributed by atoms with Gasteiger partial charge in [0.2, 0.25) is 0 Å². The van der Waals surface area contributed by atoms with E-state index in [0.29, 0.717) is 6.54 Å². The molecule has 0 aliphatic carbocycles. The lowest BCUT2D eigenvalue weighted by Crippen LogP contribution is -2.38. The molecule has 0 aliphatic heterocycles. The second kappa shape index (κ2) is 13.4. The number of hydrogen-bond donors (Lipinski definition) is 2. The Morgan fingerprint density at radius 3 is 1.68 bits per heavy atom. The maximum atomic E-state index is 11.1. The van der Waals surface area contributed by atoms with E-state index >= 15 is 0 Å². The molecule has 4 nitrogen and oxygen atoms in total. The highest BCUT2D eigenvalue weighted by molar-refractivity contribution is 6.34. The summed E-state index contributed by atoms with van der Waals surface area (Å²) in [6.07, 6.45) is 12.7. The van der Waals surface area contributed by atoms with Crippen LogP contribution < -0.4 is 10.6 Å². The standard InChI is InChI=1S/C15H30N2O2/c1-3-4-5-6-7-8-9-10-11-12-13-17-15(19)14(18)16-2/h3-13H2,1-2H3,(H,16,18)(H,17,19). The Morgan fingerprint density at radius 2 is 1.21 bits per heavy atom. The van der Waals surface area contributed by atoms with E-state index < -0.39 is 11.8 Å². The largest absolute Gasteiger partial charge is 0.351 e. The molecule has 2 N–H and O–H groups in total. The molecule has 0 aliphatic rings. The molecule has 0 fully saturated rings. The van der Waals surface area contributed by atoms with Crippen molar-refractivity contribution in [3.63, 3.8) is 0 Å². The first-order valence-corrected chi connectivity index (χ1v) is 7.72. The van der Waals surface area contributed by atoms with Crippen LogP contribution in [-0.4, -0.2) is 25.4 Å². The summed E-state index contributed by atoms with van der Waals surface area (Å²) in [5, 5.41) is 4.91.